The molecule has 0 N–H and O–H groups in total. The first-order valence-electron chi connectivity index (χ1n) is 8.57. The molecular weight excluding hydrogens is 288 g/mol. The summed E-state index contributed by atoms with van der Waals surface area (Å²) in [5.74, 6) is 0. The van der Waals surface area contributed by atoms with E-state index in [-0.39, 0.29) is 0 Å². The fraction of sp³-hybridized carbons (Fsp3) is 0.526. The molecule has 1 aliphatic heterocycles. The fourth-order valence-electron chi connectivity index (χ4n) is 2.86. The Morgan fingerprint density at radius 2 is 2.00 bits per heavy atom. The number of benzene rings is 1. The molecule has 1 aromatic heterocycles. The van der Waals surface area contributed by atoms with E-state index in [9.17, 15) is 0 Å². The van der Waals surface area contributed by atoms with Crippen molar-refractivity contribution in [1.29, 1.82) is 0 Å². The second-order valence-corrected chi connectivity index (χ2v) is 6.61. The Hall–Kier alpha value is -1.35. The molecule has 1 aromatic carbocycles. The maximum absolute atomic E-state index is 4.38. The third-order valence-corrected chi connectivity index (χ3v) is 4.88. The average Bonchev–Trinajstić information content (AvgIpc) is 3.09. The summed E-state index contributed by atoms with van der Waals surface area (Å²) in [6, 6.07) is 6.77. The summed E-state index contributed by atoms with van der Waals surface area (Å²) in [6.07, 6.45) is 8.41. The second-order valence-electron chi connectivity index (χ2n) is 5.72. The summed E-state index contributed by atoms with van der Waals surface area (Å²) < 4.78 is 0. The standard InChI is InChI=1S/C14H16N2S.C5H12/c1-2-16-8-3-4-11-10-12(5-6-13(11)16)14-15-7-9-17-14;1-3-5-4-2/h5-7,9-10H,2-4,8H2,1H3;3-5H2,1-2H3. The molecule has 0 unspecified atom stereocenters. The quantitative estimate of drug-likeness (QED) is 0.711. The van der Waals surface area contributed by atoms with Crippen LogP contribution in [0.3, 0.4) is 0 Å². The molecule has 120 valence electrons. The minimum absolute atomic E-state index is 1.10. The maximum atomic E-state index is 4.38. The van der Waals surface area contributed by atoms with Crippen molar-refractivity contribution < 1.29 is 0 Å². The largest absolute Gasteiger partial charge is 0.372 e. The minimum atomic E-state index is 1.10. The van der Waals surface area contributed by atoms with Crippen molar-refractivity contribution in [2.24, 2.45) is 0 Å². The van der Waals surface area contributed by atoms with Gasteiger partial charge < -0.3 is 4.90 Å². The molecule has 2 aromatic rings. The average molecular weight is 317 g/mol. The third-order valence-electron chi connectivity index (χ3n) is 4.06. The number of aryl methyl sites for hydroxylation is 1. The van der Waals surface area contributed by atoms with Crippen LogP contribution < -0.4 is 4.90 Å². The van der Waals surface area contributed by atoms with Gasteiger partial charge in [-0.3, -0.25) is 0 Å². The Bertz CT molecular complexity index is 547. The summed E-state index contributed by atoms with van der Waals surface area (Å²) >= 11 is 1.71. The molecule has 3 rings (SSSR count). The van der Waals surface area contributed by atoms with Crippen LogP contribution in [0.15, 0.2) is 29.8 Å². The zero-order valence-corrected chi connectivity index (χ0v) is 15.0. The highest BCUT2D eigenvalue weighted by Gasteiger charge is 2.16. The van der Waals surface area contributed by atoms with Crippen LogP contribution >= 0.6 is 11.3 Å². The second kappa shape index (κ2) is 8.94. The number of hydrogen-bond donors (Lipinski definition) is 0. The van der Waals surface area contributed by atoms with Crippen molar-refractivity contribution in [3.8, 4) is 10.6 Å². The van der Waals surface area contributed by atoms with Gasteiger partial charge in [0, 0.05) is 35.9 Å². The van der Waals surface area contributed by atoms with E-state index in [1.807, 2.05) is 11.6 Å². The van der Waals surface area contributed by atoms with E-state index in [2.05, 4.69) is 48.9 Å². The summed E-state index contributed by atoms with van der Waals surface area (Å²) in [4.78, 5) is 6.84. The van der Waals surface area contributed by atoms with Gasteiger partial charge in [-0.15, -0.1) is 11.3 Å². The summed E-state index contributed by atoms with van der Waals surface area (Å²) in [5, 5.41) is 3.16. The van der Waals surface area contributed by atoms with Gasteiger partial charge in [0.15, 0.2) is 0 Å². The molecule has 2 heterocycles. The van der Waals surface area contributed by atoms with Crippen LogP contribution in [-0.4, -0.2) is 18.1 Å². The van der Waals surface area contributed by atoms with Gasteiger partial charge in [-0.1, -0.05) is 33.1 Å². The molecule has 0 spiro atoms. The lowest BCUT2D eigenvalue weighted by Crippen LogP contribution is -2.28. The smallest absolute Gasteiger partial charge is 0.123 e. The summed E-state index contributed by atoms with van der Waals surface area (Å²) in [5.41, 5.74) is 4.15. The van der Waals surface area contributed by atoms with E-state index in [4.69, 9.17) is 0 Å². The fourth-order valence-corrected chi connectivity index (χ4v) is 3.49. The maximum Gasteiger partial charge on any atom is 0.123 e. The van der Waals surface area contributed by atoms with Crippen LogP contribution in [0.5, 0.6) is 0 Å². The topological polar surface area (TPSA) is 16.1 Å². The number of anilines is 1. The summed E-state index contributed by atoms with van der Waals surface area (Å²) in [6.45, 7) is 8.94. The minimum Gasteiger partial charge on any atom is -0.372 e. The molecule has 1 aliphatic rings. The molecule has 0 radical (unpaired) electrons. The van der Waals surface area contributed by atoms with E-state index < -0.39 is 0 Å². The van der Waals surface area contributed by atoms with E-state index in [0.717, 1.165) is 11.6 Å². The van der Waals surface area contributed by atoms with Gasteiger partial charge >= 0.3 is 0 Å². The first-order chi connectivity index (χ1) is 10.8. The molecular formula is C19H28N2S. The molecule has 0 saturated heterocycles. The number of thiazole rings is 1. The Balaban J connectivity index is 0.000000309. The first-order valence-corrected chi connectivity index (χ1v) is 9.45. The van der Waals surface area contributed by atoms with Crippen molar-refractivity contribution >= 4 is 17.0 Å². The zero-order chi connectivity index (χ0) is 15.8. The first kappa shape index (κ1) is 17.0. The Morgan fingerprint density at radius 3 is 2.59 bits per heavy atom. The third kappa shape index (κ3) is 4.33. The highest BCUT2D eigenvalue weighted by Crippen LogP contribution is 2.32. The van der Waals surface area contributed by atoms with Gasteiger partial charge in [0.2, 0.25) is 0 Å². The number of rotatable bonds is 4. The van der Waals surface area contributed by atoms with Crippen LogP contribution in [0.1, 0.15) is 52.0 Å². The number of fused-ring (bicyclic) bond motifs is 1. The highest BCUT2D eigenvalue weighted by molar-refractivity contribution is 7.13. The van der Waals surface area contributed by atoms with Gasteiger partial charge in [-0.05, 0) is 43.5 Å². The number of hydrogen-bond acceptors (Lipinski definition) is 3. The van der Waals surface area contributed by atoms with Gasteiger partial charge in [-0.25, -0.2) is 4.98 Å². The molecule has 2 nitrogen and oxygen atoms in total. The van der Waals surface area contributed by atoms with E-state index in [0.29, 0.717) is 0 Å². The van der Waals surface area contributed by atoms with Gasteiger partial charge in [0.25, 0.3) is 0 Å². The van der Waals surface area contributed by atoms with Crippen LogP contribution in [0.2, 0.25) is 0 Å². The van der Waals surface area contributed by atoms with E-state index in [1.54, 1.807) is 11.3 Å². The molecule has 0 saturated carbocycles. The molecule has 0 aliphatic carbocycles. The zero-order valence-electron chi connectivity index (χ0n) is 14.1. The van der Waals surface area contributed by atoms with Crippen molar-refractivity contribution in [1.82, 2.24) is 4.98 Å². The van der Waals surface area contributed by atoms with E-state index in [1.165, 1.54) is 55.5 Å². The molecule has 0 atom stereocenters. The van der Waals surface area contributed by atoms with Crippen molar-refractivity contribution in [2.45, 2.75) is 52.9 Å². The lowest BCUT2D eigenvalue weighted by Gasteiger charge is -2.30. The van der Waals surface area contributed by atoms with Crippen molar-refractivity contribution in [2.75, 3.05) is 18.0 Å². The molecule has 0 bridgehead atoms. The van der Waals surface area contributed by atoms with Crippen LogP contribution in [0, 0.1) is 0 Å². The lowest BCUT2D eigenvalue weighted by molar-refractivity contribution is 0.708. The van der Waals surface area contributed by atoms with Gasteiger partial charge in [0.1, 0.15) is 5.01 Å². The van der Waals surface area contributed by atoms with Crippen LogP contribution in [0.25, 0.3) is 10.6 Å². The Kier molecular flexibility index (Phi) is 6.91. The number of unbranched alkanes of at least 4 members (excludes halogenated alkanes) is 2. The van der Waals surface area contributed by atoms with Crippen LogP contribution in [0.4, 0.5) is 5.69 Å². The molecule has 0 amide bonds. The number of aromatic nitrogens is 1. The predicted molar refractivity (Wildman–Crippen MR) is 99.0 cm³/mol. The Labute approximate surface area is 139 Å². The van der Waals surface area contributed by atoms with Crippen LogP contribution in [-0.2, 0) is 6.42 Å². The predicted octanol–water partition coefficient (Wildman–Crippen LogP) is 5.78. The number of nitrogens with zero attached hydrogens (tertiary/aromatic N) is 2. The molecule has 0 fully saturated rings. The normalized spacial score (nSPS) is 13.3. The summed E-state index contributed by atoms with van der Waals surface area (Å²) in [7, 11) is 0. The molecule has 3 heteroatoms. The van der Waals surface area contributed by atoms with E-state index >= 15 is 0 Å². The highest BCUT2D eigenvalue weighted by atomic mass is 32.1. The van der Waals surface area contributed by atoms with Gasteiger partial charge in [0.05, 0.1) is 0 Å². The SMILES string of the molecule is CCCCC.CCN1CCCc2cc(-c3nccs3)ccc21. The Morgan fingerprint density at radius 1 is 1.18 bits per heavy atom. The molecule has 22 heavy (non-hydrogen) atoms. The van der Waals surface area contributed by atoms with Gasteiger partial charge in [-0.2, -0.15) is 0 Å². The van der Waals surface area contributed by atoms with Crippen molar-refractivity contribution in [3.05, 3.63) is 35.3 Å². The lowest BCUT2D eigenvalue weighted by atomic mass is 9.99. The van der Waals surface area contributed by atoms with Crippen molar-refractivity contribution in [3.63, 3.8) is 0 Å². The monoisotopic (exact) mass is 316 g/mol.